The Balaban J connectivity index is 1.85. The Morgan fingerprint density at radius 1 is 1.10 bits per heavy atom. The summed E-state index contributed by atoms with van der Waals surface area (Å²) < 4.78 is 43.8. The van der Waals surface area contributed by atoms with E-state index in [1.54, 1.807) is 31.2 Å². The Labute approximate surface area is 174 Å². The van der Waals surface area contributed by atoms with Crippen molar-refractivity contribution in [3.05, 3.63) is 60.0 Å². The number of aryl methyl sites for hydroxylation is 1. The van der Waals surface area contributed by atoms with Crippen LogP contribution in [0.3, 0.4) is 0 Å². The molecule has 9 nitrogen and oxygen atoms in total. The summed E-state index contributed by atoms with van der Waals surface area (Å²) in [4.78, 5) is 12.1. The van der Waals surface area contributed by atoms with Crippen molar-refractivity contribution in [2.45, 2.75) is 18.7 Å². The summed E-state index contributed by atoms with van der Waals surface area (Å²) in [6.07, 6.45) is 0. The minimum atomic E-state index is -4.00. The van der Waals surface area contributed by atoms with Crippen LogP contribution < -0.4 is 19.5 Å². The number of carbonyl (C=O) groups excluding carboxylic acids is 1. The van der Waals surface area contributed by atoms with Crippen LogP contribution in [0.5, 0.6) is 11.5 Å². The lowest BCUT2D eigenvalue weighted by Crippen LogP contribution is -2.16. The molecule has 0 spiro atoms. The SMILES string of the molecule is CCOc1ccc(NS(=O)(=O)c2cc(NC(=O)c3cc(C)on3)ccc2OC)cc1. The fraction of sp³-hybridized carbons (Fsp3) is 0.200. The van der Waals surface area contributed by atoms with E-state index in [1.807, 2.05) is 6.92 Å². The number of rotatable bonds is 8. The Morgan fingerprint density at radius 2 is 1.80 bits per heavy atom. The van der Waals surface area contributed by atoms with E-state index in [1.165, 1.54) is 31.4 Å². The maximum Gasteiger partial charge on any atom is 0.277 e. The molecule has 0 saturated carbocycles. The van der Waals surface area contributed by atoms with Gasteiger partial charge in [0.25, 0.3) is 15.9 Å². The molecule has 1 aromatic heterocycles. The van der Waals surface area contributed by atoms with E-state index < -0.39 is 15.9 Å². The highest BCUT2D eigenvalue weighted by Gasteiger charge is 2.21. The number of nitrogens with one attached hydrogen (secondary N) is 2. The average molecular weight is 431 g/mol. The van der Waals surface area contributed by atoms with Crippen molar-refractivity contribution in [1.29, 1.82) is 0 Å². The molecule has 0 aliphatic carbocycles. The van der Waals surface area contributed by atoms with Gasteiger partial charge in [-0.15, -0.1) is 0 Å². The summed E-state index contributed by atoms with van der Waals surface area (Å²) in [5.41, 5.74) is 0.696. The van der Waals surface area contributed by atoms with Crippen molar-refractivity contribution in [1.82, 2.24) is 5.16 Å². The van der Waals surface area contributed by atoms with Gasteiger partial charge in [0.15, 0.2) is 5.69 Å². The lowest BCUT2D eigenvalue weighted by molar-refractivity contribution is 0.101. The van der Waals surface area contributed by atoms with Gasteiger partial charge >= 0.3 is 0 Å². The monoisotopic (exact) mass is 431 g/mol. The van der Waals surface area contributed by atoms with Crippen molar-refractivity contribution in [3.63, 3.8) is 0 Å². The number of ether oxygens (including phenoxy) is 2. The van der Waals surface area contributed by atoms with Crippen molar-refractivity contribution in [3.8, 4) is 11.5 Å². The molecule has 0 saturated heterocycles. The largest absolute Gasteiger partial charge is 0.495 e. The Morgan fingerprint density at radius 3 is 2.40 bits per heavy atom. The molecule has 0 bridgehead atoms. The number of sulfonamides is 1. The summed E-state index contributed by atoms with van der Waals surface area (Å²) in [6, 6.07) is 12.3. The second-order valence-electron chi connectivity index (χ2n) is 6.21. The topological polar surface area (TPSA) is 120 Å². The van der Waals surface area contributed by atoms with E-state index in [-0.39, 0.29) is 22.0 Å². The zero-order chi connectivity index (χ0) is 21.7. The molecular weight excluding hydrogens is 410 g/mol. The number of amides is 1. The van der Waals surface area contributed by atoms with Crippen LogP contribution in [0.4, 0.5) is 11.4 Å². The predicted molar refractivity (Wildman–Crippen MR) is 111 cm³/mol. The van der Waals surface area contributed by atoms with E-state index >= 15 is 0 Å². The first-order valence-electron chi connectivity index (χ1n) is 9.01. The quantitative estimate of drug-likeness (QED) is 0.560. The van der Waals surface area contributed by atoms with Gasteiger partial charge in [0.1, 0.15) is 22.2 Å². The lowest BCUT2D eigenvalue weighted by atomic mass is 10.3. The Bertz CT molecular complexity index is 1140. The van der Waals surface area contributed by atoms with Gasteiger partial charge in [0, 0.05) is 17.4 Å². The number of benzene rings is 2. The van der Waals surface area contributed by atoms with Crippen molar-refractivity contribution in [2.24, 2.45) is 0 Å². The summed E-state index contributed by atoms with van der Waals surface area (Å²) in [5, 5.41) is 6.24. The van der Waals surface area contributed by atoms with Gasteiger partial charge < -0.3 is 19.3 Å². The van der Waals surface area contributed by atoms with Crippen LogP contribution in [0, 0.1) is 6.92 Å². The molecule has 158 valence electrons. The maximum atomic E-state index is 12.9. The third-order valence-electron chi connectivity index (χ3n) is 3.99. The molecular formula is C20H21N3O6S. The van der Waals surface area contributed by atoms with E-state index in [0.717, 1.165) is 0 Å². The number of nitrogens with zero attached hydrogens (tertiary/aromatic N) is 1. The second-order valence-corrected chi connectivity index (χ2v) is 7.86. The molecule has 3 rings (SSSR count). The second kappa shape index (κ2) is 8.87. The Hall–Kier alpha value is -3.53. The molecule has 2 N–H and O–H groups in total. The molecule has 0 unspecified atom stereocenters. The summed E-state index contributed by atoms with van der Waals surface area (Å²) in [5.74, 6) is 0.715. The van der Waals surface area contributed by atoms with Crippen molar-refractivity contribution in [2.75, 3.05) is 23.8 Å². The smallest absolute Gasteiger partial charge is 0.277 e. The summed E-state index contributed by atoms with van der Waals surface area (Å²) >= 11 is 0. The maximum absolute atomic E-state index is 12.9. The molecule has 1 amide bonds. The molecule has 0 aliphatic rings. The highest BCUT2D eigenvalue weighted by atomic mass is 32.2. The lowest BCUT2D eigenvalue weighted by Gasteiger charge is -2.14. The number of hydrogen-bond donors (Lipinski definition) is 2. The standard InChI is InChI=1S/C20H21N3O6S/c1-4-28-16-8-5-14(6-9-16)23-30(25,26)19-12-15(7-10-18(19)27-3)21-20(24)17-11-13(2)29-22-17/h5-12,23H,4H2,1-3H3,(H,21,24). The molecule has 0 atom stereocenters. The third kappa shape index (κ3) is 4.90. The molecule has 0 radical (unpaired) electrons. The van der Waals surface area contributed by atoms with E-state index in [0.29, 0.717) is 23.8 Å². The average Bonchev–Trinajstić information content (AvgIpc) is 3.16. The number of aromatic nitrogens is 1. The first kappa shape index (κ1) is 21.2. The number of anilines is 2. The zero-order valence-electron chi connectivity index (χ0n) is 16.6. The molecule has 30 heavy (non-hydrogen) atoms. The van der Waals surface area contributed by atoms with Crippen LogP contribution in [0.15, 0.2) is 57.9 Å². The first-order valence-corrected chi connectivity index (χ1v) is 10.5. The van der Waals surface area contributed by atoms with Crippen molar-refractivity contribution >= 4 is 27.3 Å². The van der Waals surface area contributed by atoms with Gasteiger partial charge in [-0.2, -0.15) is 0 Å². The van der Waals surface area contributed by atoms with Crippen LogP contribution in [0.1, 0.15) is 23.2 Å². The molecule has 0 aliphatic heterocycles. The summed E-state index contributed by atoms with van der Waals surface area (Å²) in [6.45, 7) is 4.03. The molecule has 1 heterocycles. The molecule has 2 aromatic carbocycles. The van der Waals surface area contributed by atoms with Crippen LogP contribution in [0.2, 0.25) is 0 Å². The van der Waals surface area contributed by atoms with Gasteiger partial charge in [0.2, 0.25) is 0 Å². The van der Waals surface area contributed by atoms with Crippen LogP contribution >= 0.6 is 0 Å². The van der Waals surface area contributed by atoms with Gasteiger partial charge in [-0.25, -0.2) is 8.42 Å². The minimum Gasteiger partial charge on any atom is -0.495 e. The molecule has 0 fully saturated rings. The van der Waals surface area contributed by atoms with Gasteiger partial charge in [-0.05, 0) is 56.3 Å². The highest BCUT2D eigenvalue weighted by molar-refractivity contribution is 7.92. The normalized spacial score (nSPS) is 11.0. The van der Waals surface area contributed by atoms with Crippen molar-refractivity contribution < 1.29 is 27.2 Å². The van der Waals surface area contributed by atoms with E-state index in [2.05, 4.69) is 15.2 Å². The number of hydrogen-bond acceptors (Lipinski definition) is 7. The molecule has 3 aromatic rings. The minimum absolute atomic E-state index is 0.0836. The third-order valence-corrected chi connectivity index (χ3v) is 5.39. The van der Waals surface area contributed by atoms with E-state index in [4.69, 9.17) is 14.0 Å². The van der Waals surface area contributed by atoms with Gasteiger partial charge in [0.05, 0.1) is 13.7 Å². The number of carbonyl (C=O) groups is 1. The van der Waals surface area contributed by atoms with Crippen LogP contribution in [-0.2, 0) is 10.0 Å². The van der Waals surface area contributed by atoms with E-state index in [9.17, 15) is 13.2 Å². The van der Waals surface area contributed by atoms with Crippen LogP contribution in [0.25, 0.3) is 0 Å². The summed E-state index contributed by atoms with van der Waals surface area (Å²) in [7, 11) is -2.64. The zero-order valence-corrected chi connectivity index (χ0v) is 17.4. The van der Waals surface area contributed by atoms with Crippen LogP contribution in [-0.4, -0.2) is 33.2 Å². The highest BCUT2D eigenvalue weighted by Crippen LogP contribution is 2.29. The molecule has 10 heteroatoms. The fourth-order valence-corrected chi connectivity index (χ4v) is 3.88. The fourth-order valence-electron chi connectivity index (χ4n) is 2.63. The predicted octanol–water partition coefficient (Wildman–Crippen LogP) is 3.44. The first-order chi connectivity index (χ1) is 14.3. The Kier molecular flexibility index (Phi) is 6.26. The number of methoxy groups -OCH3 is 1. The van der Waals surface area contributed by atoms with Gasteiger partial charge in [-0.3, -0.25) is 9.52 Å². The van der Waals surface area contributed by atoms with Gasteiger partial charge in [-0.1, -0.05) is 5.16 Å².